The zero-order valence-corrected chi connectivity index (χ0v) is 7.64. The fourth-order valence-corrected chi connectivity index (χ4v) is 0.862. The Hall–Kier alpha value is -0.0400. The molecular weight excluding hydrogens is 136 g/mol. The van der Waals surface area contributed by atoms with Crippen LogP contribution in [0.25, 0.3) is 0 Å². The predicted octanol–water partition coefficient (Wildman–Crippen LogP) is 3.36. The van der Waals surface area contributed by atoms with Gasteiger partial charge in [0.1, 0.15) is 0 Å². The maximum absolute atomic E-state index is 5.26. The van der Waals surface area contributed by atoms with Crippen LogP contribution >= 0.6 is 0 Å². The molecule has 0 saturated carbocycles. The van der Waals surface area contributed by atoms with Gasteiger partial charge in [0.15, 0.2) is 0 Å². The van der Waals surface area contributed by atoms with Crippen molar-refractivity contribution < 1.29 is 4.74 Å². The van der Waals surface area contributed by atoms with Crippen molar-refractivity contribution in [1.29, 1.82) is 0 Å². The fraction of sp³-hybridized carbons (Fsp3) is 0.800. The molecule has 66 valence electrons. The van der Waals surface area contributed by atoms with E-state index in [4.69, 9.17) is 4.74 Å². The molecule has 0 aliphatic rings. The van der Waals surface area contributed by atoms with E-state index in [-0.39, 0.29) is 0 Å². The van der Waals surface area contributed by atoms with Crippen molar-refractivity contribution in [2.24, 2.45) is 0 Å². The number of unbranched alkanes of at least 4 members (excludes halogenated alkanes) is 4. The highest BCUT2D eigenvalue weighted by Gasteiger charge is 1.88. The Morgan fingerprint density at radius 2 is 2.09 bits per heavy atom. The van der Waals surface area contributed by atoms with Crippen molar-refractivity contribution >= 4 is 0 Å². The van der Waals surface area contributed by atoms with Gasteiger partial charge in [-0.1, -0.05) is 39.5 Å². The van der Waals surface area contributed by atoms with Crippen LogP contribution in [-0.4, -0.2) is 6.61 Å². The minimum absolute atomic E-state index is 0.889. The van der Waals surface area contributed by atoms with Gasteiger partial charge in [0.25, 0.3) is 0 Å². The van der Waals surface area contributed by atoms with Gasteiger partial charge in [0.2, 0.25) is 0 Å². The summed E-state index contributed by atoms with van der Waals surface area (Å²) in [6.45, 7) is 8.70. The molecule has 2 radical (unpaired) electrons. The molecule has 0 heterocycles. The molecule has 0 spiro atoms. The summed E-state index contributed by atoms with van der Waals surface area (Å²) >= 11 is 0. The van der Waals surface area contributed by atoms with Gasteiger partial charge in [0, 0.05) is 6.61 Å². The molecule has 1 nitrogen and oxygen atoms in total. The highest BCUT2D eigenvalue weighted by molar-refractivity contribution is 4.52. The summed E-state index contributed by atoms with van der Waals surface area (Å²) in [5.41, 5.74) is 0. The SMILES string of the molecule is [CH2]CC[CH]OCCCCCC. The van der Waals surface area contributed by atoms with Crippen molar-refractivity contribution in [3.8, 4) is 0 Å². The summed E-state index contributed by atoms with van der Waals surface area (Å²) in [6.07, 6.45) is 7.04. The maximum Gasteiger partial charge on any atom is 0.0836 e. The van der Waals surface area contributed by atoms with E-state index >= 15 is 0 Å². The maximum atomic E-state index is 5.26. The highest BCUT2D eigenvalue weighted by atomic mass is 16.5. The lowest BCUT2D eigenvalue weighted by Gasteiger charge is -2.00. The third-order valence-electron chi connectivity index (χ3n) is 1.56. The first kappa shape index (κ1) is 11.0. The minimum Gasteiger partial charge on any atom is -0.376 e. The van der Waals surface area contributed by atoms with Crippen molar-refractivity contribution in [2.45, 2.75) is 45.4 Å². The Bertz CT molecular complexity index is 53.9. The van der Waals surface area contributed by atoms with Gasteiger partial charge in [-0.05, 0) is 12.8 Å². The van der Waals surface area contributed by atoms with E-state index in [9.17, 15) is 0 Å². The van der Waals surface area contributed by atoms with Gasteiger partial charge in [-0.25, -0.2) is 0 Å². The predicted molar refractivity (Wildman–Crippen MR) is 49.0 cm³/mol. The van der Waals surface area contributed by atoms with Crippen molar-refractivity contribution in [1.82, 2.24) is 0 Å². The van der Waals surface area contributed by atoms with E-state index < -0.39 is 0 Å². The molecule has 0 aromatic rings. The fourth-order valence-electron chi connectivity index (χ4n) is 0.862. The second kappa shape index (κ2) is 9.96. The van der Waals surface area contributed by atoms with Crippen LogP contribution in [-0.2, 0) is 4.74 Å². The van der Waals surface area contributed by atoms with Gasteiger partial charge >= 0.3 is 0 Å². The normalized spacial score (nSPS) is 10.4. The summed E-state index contributed by atoms with van der Waals surface area (Å²) < 4.78 is 5.26. The third kappa shape index (κ3) is 9.96. The van der Waals surface area contributed by atoms with E-state index in [0.717, 1.165) is 19.4 Å². The Kier molecular flexibility index (Phi) is 9.92. The van der Waals surface area contributed by atoms with Crippen molar-refractivity contribution in [3.05, 3.63) is 13.5 Å². The zero-order valence-electron chi connectivity index (χ0n) is 7.64. The first-order chi connectivity index (χ1) is 5.41. The van der Waals surface area contributed by atoms with Gasteiger partial charge in [-0.15, -0.1) is 0 Å². The van der Waals surface area contributed by atoms with Gasteiger partial charge < -0.3 is 4.74 Å². The van der Waals surface area contributed by atoms with Crippen molar-refractivity contribution in [2.75, 3.05) is 6.61 Å². The number of ether oxygens (including phenoxy) is 1. The molecule has 1 heteroatoms. The van der Waals surface area contributed by atoms with Crippen LogP contribution in [0.3, 0.4) is 0 Å². The summed E-state index contributed by atoms with van der Waals surface area (Å²) in [6, 6.07) is 0. The lowest BCUT2D eigenvalue weighted by atomic mass is 10.2. The minimum atomic E-state index is 0.889. The second-order valence-corrected chi connectivity index (χ2v) is 2.74. The highest BCUT2D eigenvalue weighted by Crippen LogP contribution is 2.00. The third-order valence-corrected chi connectivity index (χ3v) is 1.56. The van der Waals surface area contributed by atoms with Gasteiger partial charge in [0.05, 0.1) is 6.61 Å². The monoisotopic (exact) mass is 156 g/mol. The van der Waals surface area contributed by atoms with Crippen molar-refractivity contribution in [3.63, 3.8) is 0 Å². The molecule has 11 heavy (non-hydrogen) atoms. The molecule has 0 rings (SSSR count). The van der Waals surface area contributed by atoms with E-state index in [2.05, 4.69) is 13.8 Å². The molecular formula is C10H20O. The van der Waals surface area contributed by atoms with Crippen LogP contribution in [0, 0.1) is 13.5 Å². The van der Waals surface area contributed by atoms with Crippen LogP contribution in [0.1, 0.15) is 45.4 Å². The molecule has 0 atom stereocenters. The van der Waals surface area contributed by atoms with Crippen LogP contribution < -0.4 is 0 Å². The first-order valence-corrected chi connectivity index (χ1v) is 4.64. The largest absolute Gasteiger partial charge is 0.376 e. The van der Waals surface area contributed by atoms with Gasteiger partial charge in [-0.2, -0.15) is 0 Å². The molecule has 0 bridgehead atoms. The average Bonchev–Trinajstić information content (AvgIpc) is 2.03. The Morgan fingerprint density at radius 1 is 1.27 bits per heavy atom. The summed E-state index contributed by atoms with van der Waals surface area (Å²) in [4.78, 5) is 0. The number of hydrogen-bond donors (Lipinski definition) is 0. The standard InChI is InChI=1S/C10H20O/c1-3-5-7-8-10-11-9-6-4-2/h9H,2-8,10H2,1H3. The molecule has 0 saturated heterocycles. The van der Waals surface area contributed by atoms with E-state index in [1.165, 1.54) is 25.7 Å². The summed E-state index contributed by atoms with van der Waals surface area (Å²) in [5.74, 6) is 0. The molecule has 0 amide bonds. The van der Waals surface area contributed by atoms with Gasteiger partial charge in [-0.3, -0.25) is 0 Å². The van der Waals surface area contributed by atoms with Crippen LogP contribution in [0.4, 0.5) is 0 Å². The molecule has 0 N–H and O–H groups in total. The van der Waals surface area contributed by atoms with E-state index in [1.807, 2.05) is 6.61 Å². The number of rotatable bonds is 8. The Morgan fingerprint density at radius 3 is 2.73 bits per heavy atom. The van der Waals surface area contributed by atoms with Crippen LogP contribution in [0.15, 0.2) is 0 Å². The average molecular weight is 156 g/mol. The van der Waals surface area contributed by atoms with E-state index in [1.54, 1.807) is 0 Å². The topological polar surface area (TPSA) is 9.23 Å². The first-order valence-electron chi connectivity index (χ1n) is 4.64. The van der Waals surface area contributed by atoms with Crippen LogP contribution in [0.2, 0.25) is 0 Å². The summed E-state index contributed by atoms with van der Waals surface area (Å²) in [7, 11) is 0. The molecule has 0 aromatic carbocycles. The lowest BCUT2D eigenvalue weighted by molar-refractivity contribution is 0.186. The number of hydrogen-bond acceptors (Lipinski definition) is 1. The van der Waals surface area contributed by atoms with Crippen LogP contribution in [0.5, 0.6) is 0 Å². The zero-order chi connectivity index (χ0) is 8.36. The Balaban J connectivity index is 2.69. The lowest BCUT2D eigenvalue weighted by Crippen LogP contribution is -1.91. The molecule has 0 aromatic heterocycles. The molecule has 0 fully saturated rings. The van der Waals surface area contributed by atoms with E-state index in [0.29, 0.717) is 0 Å². The smallest absolute Gasteiger partial charge is 0.0836 e. The summed E-state index contributed by atoms with van der Waals surface area (Å²) in [5, 5.41) is 0. The quantitative estimate of drug-likeness (QED) is 0.490. The molecule has 0 aliphatic heterocycles. The molecule has 0 aliphatic carbocycles. The Labute approximate surface area is 71.1 Å². The molecule has 0 unspecified atom stereocenters. The second-order valence-electron chi connectivity index (χ2n) is 2.74.